The van der Waals surface area contributed by atoms with Crippen LogP contribution in [0.1, 0.15) is 40.5 Å². The molecular weight excluding hydrogens is 312 g/mol. The van der Waals surface area contributed by atoms with Crippen LogP contribution in [0.4, 0.5) is 0 Å². The van der Waals surface area contributed by atoms with Crippen molar-refractivity contribution in [3.63, 3.8) is 0 Å². The molecule has 23 heavy (non-hydrogen) atoms. The van der Waals surface area contributed by atoms with Gasteiger partial charge in [-0.25, -0.2) is 0 Å². The standard InChI is InChI=1S/C17H30N2O3S/c1-5-18(9-13-6-7-22-10-13)16(21)14-11-23-12-19(14)15(20)8-17(2,3)4/h13-14H,5-12H2,1-4H3/t13-,14-/m1/s1. The van der Waals surface area contributed by atoms with Crippen molar-refractivity contribution in [1.29, 1.82) is 0 Å². The molecule has 2 rings (SSSR count). The largest absolute Gasteiger partial charge is 0.381 e. The zero-order chi connectivity index (χ0) is 17.0. The number of hydrogen-bond donors (Lipinski definition) is 0. The van der Waals surface area contributed by atoms with E-state index >= 15 is 0 Å². The maximum absolute atomic E-state index is 12.9. The molecule has 132 valence electrons. The minimum atomic E-state index is -0.294. The Balaban J connectivity index is 1.99. The number of carbonyl (C=O) groups is 2. The highest BCUT2D eigenvalue weighted by atomic mass is 32.2. The fourth-order valence-corrected chi connectivity index (χ4v) is 4.24. The first kappa shape index (κ1) is 18.6. The van der Waals surface area contributed by atoms with Crippen LogP contribution >= 0.6 is 11.8 Å². The monoisotopic (exact) mass is 342 g/mol. The van der Waals surface area contributed by atoms with Crippen LogP contribution in [0.2, 0.25) is 0 Å². The molecular formula is C17H30N2O3S. The highest BCUT2D eigenvalue weighted by Crippen LogP contribution is 2.28. The fourth-order valence-electron chi connectivity index (χ4n) is 3.07. The lowest BCUT2D eigenvalue weighted by atomic mass is 9.91. The molecule has 2 aliphatic heterocycles. The van der Waals surface area contributed by atoms with Crippen LogP contribution in [0.5, 0.6) is 0 Å². The van der Waals surface area contributed by atoms with Gasteiger partial charge in [0, 0.05) is 37.8 Å². The normalized spacial score (nSPS) is 25.0. The summed E-state index contributed by atoms with van der Waals surface area (Å²) in [6.07, 6.45) is 1.51. The summed E-state index contributed by atoms with van der Waals surface area (Å²) in [5, 5.41) is 0. The van der Waals surface area contributed by atoms with Crippen molar-refractivity contribution < 1.29 is 14.3 Å². The summed E-state index contributed by atoms with van der Waals surface area (Å²) in [6.45, 7) is 11.2. The number of nitrogens with zero attached hydrogens (tertiary/aromatic N) is 2. The van der Waals surface area contributed by atoms with Gasteiger partial charge in [0.15, 0.2) is 0 Å². The van der Waals surface area contributed by atoms with E-state index in [0.29, 0.717) is 30.5 Å². The third-order valence-corrected chi connectivity index (χ3v) is 5.38. The van der Waals surface area contributed by atoms with E-state index in [1.54, 1.807) is 16.7 Å². The Morgan fingerprint density at radius 2 is 2.09 bits per heavy atom. The van der Waals surface area contributed by atoms with Crippen LogP contribution in [0.3, 0.4) is 0 Å². The summed E-state index contributed by atoms with van der Waals surface area (Å²) in [5.74, 6) is 1.99. The molecule has 0 aromatic heterocycles. The maximum Gasteiger partial charge on any atom is 0.246 e. The van der Waals surface area contributed by atoms with Crippen molar-refractivity contribution in [3.05, 3.63) is 0 Å². The Bertz CT molecular complexity index is 430. The molecule has 6 heteroatoms. The van der Waals surface area contributed by atoms with Crippen molar-refractivity contribution in [2.45, 2.75) is 46.6 Å². The SMILES string of the molecule is CCN(C[C@H]1CCOC1)C(=O)[C@H]1CSCN1C(=O)CC(C)(C)C. The molecule has 2 saturated heterocycles. The van der Waals surface area contributed by atoms with E-state index in [4.69, 9.17) is 4.74 Å². The number of amides is 2. The first-order valence-corrected chi connectivity index (χ1v) is 9.71. The van der Waals surface area contributed by atoms with Gasteiger partial charge in [-0.1, -0.05) is 20.8 Å². The van der Waals surface area contributed by atoms with Crippen LogP contribution in [0.25, 0.3) is 0 Å². The van der Waals surface area contributed by atoms with Gasteiger partial charge < -0.3 is 14.5 Å². The van der Waals surface area contributed by atoms with Gasteiger partial charge in [-0.05, 0) is 18.8 Å². The quantitative estimate of drug-likeness (QED) is 0.769. The molecule has 2 fully saturated rings. The molecule has 0 saturated carbocycles. The van der Waals surface area contributed by atoms with Crippen molar-refractivity contribution in [2.24, 2.45) is 11.3 Å². The zero-order valence-corrected chi connectivity index (χ0v) is 15.7. The Labute approximate surface area is 144 Å². The Kier molecular flexibility index (Phi) is 6.37. The van der Waals surface area contributed by atoms with E-state index in [1.165, 1.54) is 0 Å². The highest BCUT2D eigenvalue weighted by molar-refractivity contribution is 7.99. The highest BCUT2D eigenvalue weighted by Gasteiger charge is 2.38. The average molecular weight is 343 g/mol. The van der Waals surface area contributed by atoms with Crippen molar-refractivity contribution >= 4 is 23.6 Å². The first-order valence-electron chi connectivity index (χ1n) is 8.55. The van der Waals surface area contributed by atoms with Crippen LogP contribution in [0.15, 0.2) is 0 Å². The maximum atomic E-state index is 12.9. The number of hydrogen-bond acceptors (Lipinski definition) is 4. The summed E-state index contributed by atoms with van der Waals surface area (Å²) < 4.78 is 5.42. The van der Waals surface area contributed by atoms with Gasteiger partial charge in [-0.2, -0.15) is 0 Å². The van der Waals surface area contributed by atoms with Crippen LogP contribution in [-0.2, 0) is 14.3 Å². The number of carbonyl (C=O) groups excluding carboxylic acids is 2. The third-order valence-electron chi connectivity index (χ3n) is 4.37. The van der Waals surface area contributed by atoms with Gasteiger partial charge in [0.1, 0.15) is 6.04 Å². The van der Waals surface area contributed by atoms with E-state index < -0.39 is 0 Å². The minimum Gasteiger partial charge on any atom is -0.381 e. The summed E-state index contributed by atoms with van der Waals surface area (Å²) in [4.78, 5) is 29.2. The first-order chi connectivity index (χ1) is 10.8. The van der Waals surface area contributed by atoms with Gasteiger partial charge in [0.05, 0.1) is 12.5 Å². The van der Waals surface area contributed by atoms with Gasteiger partial charge in [-0.3, -0.25) is 9.59 Å². The molecule has 0 aliphatic carbocycles. The number of rotatable bonds is 5. The van der Waals surface area contributed by atoms with Gasteiger partial charge in [0.25, 0.3) is 0 Å². The van der Waals surface area contributed by atoms with Gasteiger partial charge in [-0.15, -0.1) is 11.8 Å². The van der Waals surface area contributed by atoms with E-state index in [2.05, 4.69) is 20.8 Å². The molecule has 2 amide bonds. The summed E-state index contributed by atoms with van der Waals surface area (Å²) in [7, 11) is 0. The van der Waals surface area contributed by atoms with E-state index in [1.807, 2.05) is 11.8 Å². The molecule has 0 N–H and O–H groups in total. The molecule has 0 radical (unpaired) electrons. The zero-order valence-electron chi connectivity index (χ0n) is 14.8. The predicted octanol–water partition coefficient (Wildman–Crippen LogP) is 2.21. The van der Waals surface area contributed by atoms with Gasteiger partial charge in [0.2, 0.25) is 11.8 Å². The minimum absolute atomic E-state index is 0.0520. The van der Waals surface area contributed by atoms with E-state index in [0.717, 1.165) is 26.2 Å². The molecule has 0 aromatic rings. The molecule has 2 atom stereocenters. The second kappa shape index (κ2) is 7.88. The second-order valence-electron chi connectivity index (χ2n) is 7.72. The topological polar surface area (TPSA) is 49.9 Å². The smallest absolute Gasteiger partial charge is 0.246 e. The Hall–Kier alpha value is -0.750. The van der Waals surface area contributed by atoms with E-state index in [-0.39, 0.29) is 23.3 Å². The van der Waals surface area contributed by atoms with Crippen molar-refractivity contribution in [3.8, 4) is 0 Å². The molecule has 0 aromatic carbocycles. The summed E-state index contributed by atoms with van der Waals surface area (Å²) in [6, 6.07) is -0.294. The number of likely N-dealkylation sites (N-methyl/N-ethyl adjacent to an activating group) is 1. The van der Waals surface area contributed by atoms with Crippen LogP contribution in [-0.4, -0.2) is 65.6 Å². The molecule has 0 bridgehead atoms. The summed E-state index contributed by atoms with van der Waals surface area (Å²) in [5.41, 5.74) is -0.0520. The predicted molar refractivity (Wildman–Crippen MR) is 93.2 cm³/mol. The molecule has 2 heterocycles. The molecule has 0 spiro atoms. The van der Waals surface area contributed by atoms with Crippen LogP contribution in [0, 0.1) is 11.3 Å². The van der Waals surface area contributed by atoms with Crippen molar-refractivity contribution in [2.75, 3.05) is 37.9 Å². The van der Waals surface area contributed by atoms with E-state index in [9.17, 15) is 9.59 Å². The molecule has 2 aliphatic rings. The fraction of sp³-hybridized carbons (Fsp3) is 0.882. The molecule has 5 nitrogen and oxygen atoms in total. The van der Waals surface area contributed by atoms with Crippen LogP contribution < -0.4 is 0 Å². The summed E-state index contributed by atoms with van der Waals surface area (Å²) >= 11 is 1.68. The third kappa shape index (κ3) is 5.11. The average Bonchev–Trinajstić information content (AvgIpc) is 3.13. The number of ether oxygens (including phenoxy) is 1. The molecule has 0 unspecified atom stereocenters. The Morgan fingerprint density at radius 1 is 1.35 bits per heavy atom. The van der Waals surface area contributed by atoms with Gasteiger partial charge >= 0.3 is 0 Å². The Morgan fingerprint density at radius 3 is 2.65 bits per heavy atom. The lowest BCUT2D eigenvalue weighted by Crippen LogP contribution is -2.50. The van der Waals surface area contributed by atoms with Crippen molar-refractivity contribution in [1.82, 2.24) is 9.80 Å². The lowest BCUT2D eigenvalue weighted by molar-refractivity contribution is -0.144. The second-order valence-corrected chi connectivity index (χ2v) is 8.72. The number of thioether (sulfide) groups is 1. The lowest BCUT2D eigenvalue weighted by Gasteiger charge is -2.31.